The monoisotopic (exact) mass is 360 g/mol. The molecule has 0 spiro atoms. The van der Waals surface area contributed by atoms with Gasteiger partial charge in [-0.1, -0.05) is 18.2 Å². The predicted octanol–water partition coefficient (Wildman–Crippen LogP) is 4.48. The van der Waals surface area contributed by atoms with Crippen molar-refractivity contribution in [1.29, 1.82) is 0 Å². The number of benzene rings is 1. The van der Waals surface area contributed by atoms with E-state index in [4.69, 9.17) is 4.98 Å². The number of amides is 1. The second kappa shape index (κ2) is 5.91. The van der Waals surface area contributed by atoms with Gasteiger partial charge in [0, 0.05) is 29.4 Å². The topological polar surface area (TPSA) is 51.0 Å². The standard InChI is InChI=1S/C22H24N4O/c1-13(2)26-21-18(12-23-26)17(11-19(24-21)15-8-9-15)22(27)25-14(3)10-16-6-4-5-7-20(16)25/h4-7,11-15H,8-10H2,1-3H3. The molecule has 27 heavy (non-hydrogen) atoms. The van der Waals surface area contributed by atoms with Gasteiger partial charge in [-0.25, -0.2) is 9.67 Å². The van der Waals surface area contributed by atoms with Crippen molar-refractivity contribution in [3.05, 3.63) is 53.3 Å². The molecule has 1 aliphatic carbocycles. The molecule has 1 aromatic carbocycles. The molecule has 2 aliphatic rings. The Kier molecular flexibility index (Phi) is 3.61. The molecule has 0 saturated heterocycles. The fourth-order valence-electron chi connectivity index (χ4n) is 4.19. The number of fused-ring (bicyclic) bond motifs is 2. The fourth-order valence-corrected chi connectivity index (χ4v) is 4.19. The van der Waals surface area contributed by atoms with Crippen molar-refractivity contribution in [1.82, 2.24) is 14.8 Å². The third kappa shape index (κ3) is 2.56. The van der Waals surface area contributed by atoms with Crippen molar-refractivity contribution < 1.29 is 4.79 Å². The Hall–Kier alpha value is -2.69. The van der Waals surface area contributed by atoms with Gasteiger partial charge in [-0.05, 0) is 57.7 Å². The van der Waals surface area contributed by atoms with Crippen LogP contribution in [0.25, 0.3) is 11.0 Å². The molecule has 1 unspecified atom stereocenters. The Morgan fingerprint density at radius 1 is 1.22 bits per heavy atom. The van der Waals surface area contributed by atoms with E-state index in [9.17, 15) is 4.79 Å². The molecule has 5 nitrogen and oxygen atoms in total. The average molecular weight is 360 g/mol. The number of carbonyl (C=O) groups is 1. The second-order valence-electron chi connectivity index (χ2n) is 8.15. The molecular formula is C22H24N4O. The van der Waals surface area contributed by atoms with Gasteiger partial charge in [0.25, 0.3) is 5.91 Å². The van der Waals surface area contributed by atoms with Crippen LogP contribution in [0.1, 0.15) is 67.2 Å². The zero-order chi connectivity index (χ0) is 18.7. The number of pyridine rings is 1. The first-order valence-corrected chi connectivity index (χ1v) is 9.84. The van der Waals surface area contributed by atoms with Crippen molar-refractivity contribution in [2.75, 3.05) is 4.90 Å². The Morgan fingerprint density at radius 3 is 2.74 bits per heavy atom. The van der Waals surface area contributed by atoms with E-state index < -0.39 is 0 Å². The van der Waals surface area contributed by atoms with Crippen LogP contribution in [0.5, 0.6) is 0 Å². The van der Waals surface area contributed by atoms with E-state index in [1.165, 1.54) is 5.56 Å². The van der Waals surface area contributed by atoms with Crippen LogP contribution in [0.3, 0.4) is 0 Å². The van der Waals surface area contributed by atoms with Crippen LogP contribution in [0.4, 0.5) is 5.69 Å². The molecule has 0 N–H and O–H groups in total. The third-order valence-electron chi connectivity index (χ3n) is 5.73. The van der Waals surface area contributed by atoms with Gasteiger partial charge < -0.3 is 4.90 Å². The highest BCUT2D eigenvalue weighted by Gasteiger charge is 2.34. The average Bonchev–Trinajstić information content (AvgIpc) is 3.32. The summed E-state index contributed by atoms with van der Waals surface area (Å²) in [5.41, 5.74) is 4.87. The first kappa shape index (κ1) is 16.5. The second-order valence-corrected chi connectivity index (χ2v) is 8.15. The molecule has 1 amide bonds. The molecule has 0 radical (unpaired) electrons. The summed E-state index contributed by atoms with van der Waals surface area (Å²) in [4.78, 5) is 20.5. The molecule has 1 saturated carbocycles. The maximum atomic E-state index is 13.7. The predicted molar refractivity (Wildman–Crippen MR) is 106 cm³/mol. The number of rotatable bonds is 3. The van der Waals surface area contributed by atoms with Crippen LogP contribution in [0.2, 0.25) is 0 Å². The minimum absolute atomic E-state index is 0.0602. The number of hydrogen-bond donors (Lipinski definition) is 0. The molecule has 5 heteroatoms. The summed E-state index contributed by atoms with van der Waals surface area (Å²) in [6.45, 7) is 6.31. The minimum atomic E-state index is 0.0602. The third-order valence-corrected chi connectivity index (χ3v) is 5.73. The zero-order valence-electron chi connectivity index (χ0n) is 16.0. The van der Waals surface area contributed by atoms with Crippen LogP contribution in [-0.2, 0) is 6.42 Å². The summed E-state index contributed by atoms with van der Waals surface area (Å²) in [7, 11) is 0. The molecule has 2 aromatic heterocycles. The van der Waals surface area contributed by atoms with Crippen molar-refractivity contribution in [3.63, 3.8) is 0 Å². The molecule has 3 heterocycles. The van der Waals surface area contributed by atoms with E-state index in [2.05, 4.69) is 38.0 Å². The van der Waals surface area contributed by atoms with E-state index in [-0.39, 0.29) is 18.0 Å². The first-order chi connectivity index (χ1) is 13.0. The van der Waals surface area contributed by atoms with Gasteiger partial charge in [-0.3, -0.25) is 4.79 Å². The van der Waals surface area contributed by atoms with Crippen LogP contribution >= 0.6 is 0 Å². The molecule has 0 bridgehead atoms. The van der Waals surface area contributed by atoms with Crippen molar-refractivity contribution >= 4 is 22.6 Å². The van der Waals surface area contributed by atoms with Gasteiger partial charge >= 0.3 is 0 Å². The van der Waals surface area contributed by atoms with Gasteiger partial charge in [0.1, 0.15) is 0 Å². The summed E-state index contributed by atoms with van der Waals surface area (Å²) >= 11 is 0. The van der Waals surface area contributed by atoms with Crippen molar-refractivity contribution in [2.24, 2.45) is 0 Å². The Balaban J connectivity index is 1.67. The Labute approximate surface area is 159 Å². The van der Waals surface area contributed by atoms with E-state index in [1.807, 2.05) is 27.8 Å². The summed E-state index contributed by atoms with van der Waals surface area (Å²) in [5.74, 6) is 0.546. The van der Waals surface area contributed by atoms with Crippen LogP contribution in [0, 0.1) is 0 Å². The molecule has 1 aliphatic heterocycles. The number of aromatic nitrogens is 3. The van der Waals surface area contributed by atoms with Gasteiger partial charge in [0.05, 0.1) is 17.1 Å². The smallest absolute Gasteiger partial charge is 0.259 e. The lowest BCUT2D eigenvalue weighted by Crippen LogP contribution is -2.36. The number of nitrogens with zero attached hydrogens (tertiary/aromatic N) is 4. The van der Waals surface area contributed by atoms with Gasteiger partial charge in [0.2, 0.25) is 0 Å². The summed E-state index contributed by atoms with van der Waals surface area (Å²) in [6.07, 6.45) is 5.02. The van der Waals surface area contributed by atoms with Crippen LogP contribution < -0.4 is 4.90 Å². The van der Waals surface area contributed by atoms with Gasteiger partial charge in [0.15, 0.2) is 5.65 Å². The molecule has 5 rings (SSSR count). The van der Waals surface area contributed by atoms with E-state index >= 15 is 0 Å². The first-order valence-electron chi connectivity index (χ1n) is 9.84. The maximum Gasteiger partial charge on any atom is 0.259 e. The van der Waals surface area contributed by atoms with E-state index in [1.54, 1.807) is 6.20 Å². The van der Waals surface area contributed by atoms with E-state index in [0.717, 1.165) is 47.2 Å². The summed E-state index contributed by atoms with van der Waals surface area (Å²) < 4.78 is 1.93. The SMILES string of the molecule is CC1Cc2ccccc2N1C(=O)c1cc(C2CC2)nc2c1cnn2C(C)C. The molecular weight excluding hydrogens is 336 g/mol. The van der Waals surface area contributed by atoms with Crippen LogP contribution in [-0.4, -0.2) is 26.7 Å². The fraction of sp³-hybridized carbons (Fsp3) is 0.409. The molecule has 3 aromatic rings. The summed E-state index contributed by atoms with van der Waals surface area (Å²) in [6, 6.07) is 10.6. The van der Waals surface area contributed by atoms with Crippen molar-refractivity contribution in [3.8, 4) is 0 Å². The number of para-hydroxylation sites is 1. The van der Waals surface area contributed by atoms with E-state index in [0.29, 0.717) is 5.92 Å². The van der Waals surface area contributed by atoms with Gasteiger partial charge in [-0.2, -0.15) is 5.10 Å². The normalized spacial score (nSPS) is 19.1. The number of anilines is 1. The molecule has 1 atom stereocenters. The molecule has 138 valence electrons. The zero-order valence-corrected chi connectivity index (χ0v) is 16.0. The number of carbonyl (C=O) groups excluding carboxylic acids is 1. The minimum Gasteiger partial charge on any atom is -0.305 e. The lowest BCUT2D eigenvalue weighted by molar-refractivity contribution is 0.0983. The lowest BCUT2D eigenvalue weighted by Gasteiger charge is -2.23. The summed E-state index contributed by atoms with van der Waals surface area (Å²) in [5, 5.41) is 5.39. The van der Waals surface area contributed by atoms with Gasteiger partial charge in [-0.15, -0.1) is 0 Å². The maximum absolute atomic E-state index is 13.7. The Bertz CT molecular complexity index is 1050. The number of hydrogen-bond acceptors (Lipinski definition) is 3. The quantitative estimate of drug-likeness (QED) is 0.692. The van der Waals surface area contributed by atoms with Crippen LogP contribution in [0.15, 0.2) is 36.5 Å². The largest absolute Gasteiger partial charge is 0.305 e. The molecule has 1 fully saturated rings. The highest BCUT2D eigenvalue weighted by molar-refractivity contribution is 6.14. The highest BCUT2D eigenvalue weighted by Crippen LogP contribution is 2.41. The lowest BCUT2D eigenvalue weighted by atomic mass is 10.1. The Morgan fingerprint density at radius 2 is 2.00 bits per heavy atom. The highest BCUT2D eigenvalue weighted by atomic mass is 16.2. The van der Waals surface area contributed by atoms with Crippen molar-refractivity contribution in [2.45, 2.75) is 58.0 Å².